The first kappa shape index (κ1) is 22.1. The molecule has 1 atom stereocenters. The summed E-state index contributed by atoms with van der Waals surface area (Å²) in [6.07, 6.45) is 0.00486. The first-order chi connectivity index (χ1) is 14.3. The lowest BCUT2D eigenvalue weighted by molar-refractivity contribution is -0.121. The largest absolute Gasteiger partial charge is 0.478 e. The van der Waals surface area contributed by atoms with Crippen molar-refractivity contribution in [1.29, 1.82) is 0 Å². The lowest BCUT2D eigenvalue weighted by Gasteiger charge is -2.16. The lowest BCUT2D eigenvalue weighted by atomic mass is 10.2. The molecule has 3 rings (SSSR count). The van der Waals surface area contributed by atoms with Crippen LogP contribution in [0.25, 0.3) is 0 Å². The highest BCUT2D eigenvalue weighted by Gasteiger charge is 2.40. The zero-order valence-electron chi connectivity index (χ0n) is 15.8. The van der Waals surface area contributed by atoms with E-state index in [2.05, 4.69) is 10.3 Å². The van der Waals surface area contributed by atoms with Gasteiger partial charge in [-0.3, -0.25) is 14.6 Å². The molecule has 0 bridgehead atoms. The summed E-state index contributed by atoms with van der Waals surface area (Å²) in [6.45, 7) is 2.32. The number of benzene rings is 2. The summed E-state index contributed by atoms with van der Waals surface area (Å²) in [7, 11) is 0. The number of amides is 2. The third kappa shape index (κ3) is 5.13. The molecule has 10 heteroatoms. The van der Waals surface area contributed by atoms with Crippen LogP contribution in [0.1, 0.15) is 23.7 Å². The van der Waals surface area contributed by atoms with Crippen LogP contribution in [0.5, 0.6) is 0 Å². The summed E-state index contributed by atoms with van der Waals surface area (Å²) in [5.41, 5.74) is 1.03. The molecule has 0 spiro atoms. The molecular formula is C20H17Cl2N3O4S. The van der Waals surface area contributed by atoms with Gasteiger partial charge >= 0.3 is 5.97 Å². The number of carboxylic acid groups (broad SMARTS) is 1. The Morgan fingerprint density at radius 3 is 2.40 bits per heavy atom. The van der Waals surface area contributed by atoms with Crippen molar-refractivity contribution in [1.82, 2.24) is 0 Å². The van der Waals surface area contributed by atoms with Crippen molar-refractivity contribution in [2.24, 2.45) is 4.99 Å². The van der Waals surface area contributed by atoms with E-state index in [-0.39, 0.29) is 23.8 Å². The number of carbonyl (C=O) groups excluding carboxylic acids is 2. The fraction of sp³-hybridized carbons (Fsp3) is 0.200. The second-order valence-corrected chi connectivity index (χ2v) is 8.36. The van der Waals surface area contributed by atoms with Crippen LogP contribution < -0.4 is 10.2 Å². The highest BCUT2D eigenvalue weighted by Crippen LogP contribution is 2.31. The fourth-order valence-corrected chi connectivity index (χ4v) is 4.46. The highest BCUT2D eigenvalue weighted by atomic mass is 35.5. The standard InChI is InChI=1S/C20H17Cl2N3O4S/c1-2-23-20(24-14-8-12(21)7-13(22)9-14)30-16-10-17(26)25(18(16)27)15-5-3-11(4-6-15)19(28)29/h3-9,16H,2,10H2,1H3,(H,23,24)(H,28,29). The van der Waals surface area contributed by atoms with Gasteiger partial charge in [0.2, 0.25) is 11.8 Å². The second kappa shape index (κ2) is 9.51. The number of nitrogens with one attached hydrogen (secondary N) is 1. The number of imide groups is 1. The lowest BCUT2D eigenvalue weighted by Crippen LogP contribution is -2.31. The quantitative estimate of drug-likeness (QED) is 0.381. The van der Waals surface area contributed by atoms with E-state index in [0.29, 0.717) is 33.1 Å². The molecule has 30 heavy (non-hydrogen) atoms. The van der Waals surface area contributed by atoms with E-state index >= 15 is 0 Å². The van der Waals surface area contributed by atoms with Gasteiger partial charge in [-0.15, -0.1) is 0 Å². The third-order valence-corrected chi connectivity index (χ3v) is 5.69. The number of amidine groups is 1. The van der Waals surface area contributed by atoms with Crippen molar-refractivity contribution < 1.29 is 19.5 Å². The molecule has 1 fully saturated rings. The summed E-state index contributed by atoms with van der Waals surface area (Å²) in [6, 6.07) is 10.6. The number of rotatable bonds is 5. The molecule has 2 aromatic carbocycles. The molecule has 0 aromatic heterocycles. The van der Waals surface area contributed by atoms with E-state index in [1.54, 1.807) is 18.2 Å². The van der Waals surface area contributed by atoms with Crippen LogP contribution in [0.2, 0.25) is 10.0 Å². The Morgan fingerprint density at radius 1 is 1.20 bits per heavy atom. The van der Waals surface area contributed by atoms with E-state index in [4.69, 9.17) is 28.3 Å². The number of carbonyl (C=O) groups is 3. The van der Waals surface area contributed by atoms with Gasteiger partial charge in [0, 0.05) is 28.7 Å². The summed E-state index contributed by atoms with van der Waals surface area (Å²) in [4.78, 5) is 41.8. The molecule has 2 amide bonds. The first-order valence-corrected chi connectivity index (χ1v) is 10.6. The monoisotopic (exact) mass is 465 g/mol. The summed E-state index contributed by atoms with van der Waals surface area (Å²) in [5, 5.41) is 12.8. The molecular weight excluding hydrogens is 449 g/mol. The van der Waals surface area contributed by atoms with Gasteiger partial charge in [0.15, 0.2) is 5.17 Å². The number of halogens is 2. The molecule has 1 aliphatic heterocycles. The van der Waals surface area contributed by atoms with Crippen LogP contribution in [-0.4, -0.2) is 39.9 Å². The molecule has 2 aromatic rings. The minimum absolute atomic E-state index is 0.00486. The molecule has 1 heterocycles. The van der Waals surface area contributed by atoms with Crippen LogP contribution in [0.4, 0.5) is 11.4 Å². The van der Waals surface area contributed by atoms with Crippen molar-refractivity contribution in [3.8, 4) is 0 Å². The molecule has 0 aliphatic carbocycles. The molecule has 1 aliphatic rings. The van der Waals surface area contributed by atoms with Crippen LogP contribution in [-0.2, 0) is 9.59 Å². The number of hydrogen-bond donors (Lipinski definition) is 2. The van der Waals surface area contributed by atoms with Gasteiger partial charge in [-0.2, -0.15) is 0 Å². The van der Waals surface area contributed by atoms with Crippen LogP contribution in [0.15, 0.2) is 47.5 Å². The Hall–Kier alpha value is -2.55. The third-order valence-electron chi connectivity index (χ3n) is 4.15. The van der Waals surface area contributed by atoms with Crippen molar-refractivity contribution in [2.75, 3.05) is 16.8 Å². The average molecular weight is 466 g/mol. The Kier molecular flexibility index (Phi) is 7.02. The number of carboxylic acids is 1. The predicted molar refractivity (Wildman–Crippen MR) is 120 cm³/mol. The van der Waals surface area contributed by atoms with Crippen LogP contribution in [0.3, 0.4) is 0 Å². The maximum absolute atomic E-state index is 12.9. The highest BCUT2D eigenvalue weighted by molar-refractivity contribution is 8.15. The zero-order valence-corrected chi connectivity index (χ0v) is 18.1. The van der Waals surface area contributed by atoms with E-state index in [0.717, 1.165) is 16.7 Å². The van der Waals surface area contributed by atoms with Gasteiger partial charge < -0.3 is 10.4 Å². The maximum atomic E-state index is 12.9. The van der Waals surface area contributed by atoms with Crippen molar-refractivity contribution in [3.05, 3.63) is 58.1 Å². The van der Waals surface area contributed by atoms with E-state index in [1.165, 1.54) is 24.3 Å². The first-order valence-electron chi connectivity index (χ1n) is 8.93. The average Bonchev–Trinajstić information content (AvgIpc) is 2.94. The zero-order chi connectivity index (χ0) is 21.8. The number of thioether (sulfide) groups is 1. The Morgan fingerprint density at radius 2 is 1.83 bits per heavy atom. The number of aliphatic imine (C=N–C) groups is 1. The van der Waals surface area contributed by atoms with Gasteiger partial charge in [0.05, 0.1) is 11.3 Å². The number of anilines is 2. The summed E-state index contributed by atoms with van der Waals surface area (Å²) < 4.78 is 0. The normalized spacial score (nSPS) is 16.8. The second-order valence-electron chi connectivity index (χ2n) is 6.29. The Balaban J connectivity index is 1.76. The van der Waals surface area contributed by atoms with Gasteiger partial charge in [-0.1, -0.05) is 35.0 Å². The molecule has 1 unspecified atom stereocenters. The minimum Gasteiger partial charge on any atom is -0.478 e. The summed E-state index contributed by atoms with van der Waals surface area (Å²) >= 11 is 13.2. The van der Waals surface area contributed by atoms with Crippen molar-refractivity contribution in [3.63, 3.8) is 0 Å². The number of hydrogen-bond acceptors (Lipinski definition) is 5. The molecule has 156 valence electrons. The van der Waals surface area contributed by atoms with Crippen LogP contribution >= 0.6 is 35.0 Å². The van der Waals surface area contributed by atoms with Crippen molar-refractivity contribution >= 4 is 69.3 Å². The topological polar surface area (TPSA) is 99.1 Å². The maximum Gasteiger partial charge on any atom is 0.335 e. The van der Waals surface area contributed by atoms with E-state index < -0.39 is 11.2 Å². The van der Waals surface area contributed by atoms with E-state index in [9.17, 15) is 14.4 Å². The van der Waals surface area contributed by atoms with Gasteiger partial charge in [-0.05, 0) is 49.4 Å². The molecule has 7 nitrogen and oxygen atoms in total. The smallest absolute Gasteiger partial charge is 0.335 e. The molecule has 2 N–H and O–H groups in total. The molecule has 0 saturated carbocycles. The minimum atomic E-state index is -1.08. The Bertz CT molecular complexity index is 1010. The van der Waals surface area contributed by atoms with E-state index in [1.807, 2.05) is 6.92 Å². The fourth-order valence-electron chi connectivity index (χ4n) is 2.85. The molecule has 1 saturated heterocycles. The van der Waals surface area contributed by atoms with Gasteiger partial charge in [-0.25, -0.2) is 9.69 Å². The SMILES string of the molecule is CCN=C(Nc1cc(Cl)cc(Cl)c1)SC1CC(=O)N(c2ccc(C(=O)O)cc2)C1=O. The summed E-state index contributed by atoms with van der Waals surface area (Å²) in [5.74, 6) is -1.83. The number of nitrogens with zero attached hydrogens (tertiary/aromatic N) is 2. The number of aromatic carboxylic acids is 1. The van der Waals surface area contributed by atoms with Crippen LogP contribution in [0, 0.1) is 0 Å². The Labute approximate surface area is 187 Å². The predicted octanol–water partition coefficient (Wildman–Crippen LogP) is 4.54. The molecule has 0 radical (unpaired) electrons. The van der Waals surface area contributed by atoms with Crippen molar-refractivity contribution in [2.45, 2.75) is 18.6 Å². The van der Waals surface area contributed by atoms with Gasteiger partial charge in [0.1, 0.15) is 5.25 Å². The van der Waals surface area contributed by atoms with Gasteiger partial charge in [0.25, 0.3) is 0 Å².